The van der Waals surface area contributed by atoms with E-state index in [-0.39, 0.29) is 10.9 Å². The molecule has 1 aliphatic heterocycles. The molecule has 0 N–H and O–H groups in total. The zero-order chi connectivity index (χ0) is 17.8. The van der Waals surface area contributed by atoms with Gasteiger partial charge in [0.15, 0.2) is 11.4 Å². The van der Waals surface area contributed by atoms with Crippen LogP contribution in [0.1, 0.15) is 29.7 Å². The zero-order valence-corrected chi connectivity index (χ0v) is 15.1. The van der Waals surface area contributed by atoms with Gasteiger partial charge in [-0.05, 0) is 39.3 Å². The van der Waals surface area contributed by atoms with Crippen molar-refractivity contribution in [2.75, 3.05) is 13.1 Å². The lowest BCUT2D eigenvalue weighted by molar-refractivity contribution is 0.389. The third-order valence-electron chi connectivity index (χ3n) is 4.68. The standard InChI is InChI=1S/C16H19N5O3S/c1-10-15(11(2)24-19-10)25(22,23)20-8-6-13(9-20)21-12(3)18-14-5-4-7-17-16(14)21/h4-5,7,13H,6,8-9H2,1-3H3/t13-/m1/s1. The van der Waals surface area contributed by atoms with Gasteiger partial charge in [-0.2, -0.15) is 4.31 Å². The molecule has 4 heterocycles. The summed E-state index contributed by atoms with van der Waals surface area (Å²) in [6, 6.07) is 3.77. The van der Waals surface area contributed by atoms with Crippen molar-refractivity contribution >= 4 is 21.2 Å². The molecule has 1 atom stereocenters. The van der Waals surface area contributed by atoms with Crippen LogP contribution in [0, 0.1) is 20.8 Å². The Balaban J connectivity index is 1.69. The summed E-state index contributed by atoms with van der Waals surface area (Å²) >= 11 is 0. The molecule has 1 saturated heterocycles. The molecule has 3 aromatic heterocycles. The van der Waals surface area contributed by atoms with E-state index in [1.54, 1.807) is 20.0 Å². The second kappa shape index (κ2) is 5.63. The molecule has 3 aromatic rings. The van der Waals surface area contributed by atoms with Gasteiger partial charge >= 0.3 is 0 Å². The van der Waals surface area contributed by atoms with Crippen LogP contribution in [0.25, 0.3) is 11.2 Å². The van der Waals surface area contributed by atoms with Gasteiger partial charge in [0.05, 0.1) is 6.04 Å². The molecule has 4 rings (SSSR count). The van der Waals surface area contributed by atoms with E-state index in [0.717, 1.165) is 17.0 Å². The van der Waals surface area contributed by atoms with E-state index in [4.69, 9.17) is 4.52 Å². The number of rotatable bonds is 3. The number of hydrogen-bond donors (Lipinski definition) is 0. The normalized spacial score (nSPS) is 19.1. The molecule has 1 fully saturated rings. The first-order valence-corrected chi connectivity index (χ1v) is 9.56. The smallest absolute Gasteiger partial charge is 0.248 e. The van der Waals surface area contributed by atoms with Crippen molar-refractivity contribution in [3.63, 3.8) is 0 Å². The van der Waals surface area contributed by atoms with Crippen molar-refractivity contribution in [1.29, 1.82) is 0 Å². The average Bonchev–Trinajstić information content (AvgIpc) is 3.24. The largest absolute Gasteiger partial charge is 0.360 e. The van der Waals surface area contributed by atoms with E-state index in [1.807, 2.05) is 23.6 Å². The highest BCUT2D eigenvalue weighted by Crippen LogP contribution is 2.32. The van der Waals surface area contributed by atoms with E-state index >= 15 is 0 Å². The molecular formula is C16H19N5O3S. The maximum Gasteiger partial charge on any atom is 0.248 e. The van der Waals surface area contributed by atoms with Crippen LogP contribution in [0.15, 0.2) is 27.7 Å². The van der Waals surface area contributed by atoms with Gasteiger partial charge in [0, 0.05) is 19.3 Å². The first-order valence-electron chi connectivity index (χ1n) is 8.12. The molecule has 0 radical (unpaired) electrons. The van der Waals surface area contributed by atoms with Gasteiger partial charge in [0.25, 0.3) is 0 Å². The molecular weight excluding hydrogens is 342 g/mol. The van der Waals surface area contributed by atoms with Crippen LogP contribution in [0.5, 0.6) is 0 Å². The van der Waals surface area contributed by atoms with Gasteiger partial charge in [-0.1, -0.05) is 5.16 Å². The maximum absolute atomic E-state index is 13.0. The summed E-state index contributed by atoms with van der Waals surface area (Å²) in [6.45, 7) is 6.03. The van der Waals surface area contributed by atoms with Crippen molar-refractivity contribution in [2.45, 2.75) is 38.1 Å². The second-order valence-corrected chi connectivity index (χ2v) is 8.21. The highest BCUT2D eigenvalue weighted by Gasteiger charge is 2.37. The minimum atomic E-state index is -3.62. The fourth-order valence-electron chi connectivity index (χ4n) is 3.59. The van der Waals surface area contributed by atoms with Crippen molar-refractivity contribution in [2.24, 2.45) is 0 Å². The van der Waals surface area contributed by atoms with Crippen LogP contribution in [-0.2, 0) is 10.0 Å². The molecule has 25 heavy (non-hydrogen) atoms. The van der Waals surface area contributed by atoms with Crippen LogP contribution < -0.4 is 0 Å². The number of hydrogen-bond acceptors (Lipinski definition) is 6. The molecule has 8 nitrogen and oxygen atoms in total. The molecule has 0 bridgehead atoms. The molecule has 0 amide bonds. The van der Waals surface area contributed by atoms with Gasteiger partial charge in [0.1, 0.15) is 21.9 Å². The second-order valence-electron chi connectivity index (χ2n) is 6.33. The molecule has 1 aliphatic rings. The summed E-state index contributed by atoms with van der Waals surface area (Å²) in [5.41, 5.74) is 2.01. The van der Waals surface area contributed by atoms with Crippen LogP contribution in [0.3, 0.4) is 0 Å². The van der Waals surface area contributed by atoms with Crippen molar-refractivity contribution < 1.29 is 12.9 Å². The lowest BCUT2D eigenvalue weighted by Gasteiger charge is -2.18. The van der Waals surface area contributed by atoms with Gasteiger partial charge in [-0.3, -0.25) is 0 Å². The number of aromatic nitrogens is 4. The Labute approximate surface area is 145 Å². The van der Waals surface area contributed by atoms with Crippen LogP contribution in [0.2, 0.25) is 0 Å². The minimum absolute atomic E-state index is 0.00940. The van der Waals surface area contributed by atoms with E-state index in [2.05, 4.69) is 15.1 Å². The third kappa shape index (κ3) is 2.46. The van der Waals surface area contributed by atoms with E-state index in [1.165, 1.54) is 4.31 Å². The third-order valence-corrected chi connectivity index (χ3v) is 6.79. The first kappa shape index (κ1) is 16.2. The van der Waals surface area contributed by atoms with Gasteiger partial charge < -0.3 is 9.09 Å². The number of sulfonamides is 1. The predicted octanol–water partition coefficient (Wildman–Crippen LogP) is 1.98. The monoisotopic (exact) mass is 361 g/mol. The summed E-state index contributed by atoms with van der Waals surface area (Å²) in [7, 11) is -3.62. The number of fused-ring (bicyclic) bond motifs is 1. The van der Waals surface area contributed by atoms with Gasteiger partial charge in [-0.15, -0.1) is 0 Å². The zero-order valence-electron chi connectivity index (χ0n) is 14.3. The van der Waals surface area contributed by atoms with Crippen LogP contribution in [0.4, 0.5) is 0 Å². The van der Waals surface area contributed by atoms with E-state index in [9.17, 15) is 8.42 Å². The lowest BCUT2D eigenvalue weighted by atomic mass is 10.2. The fourth-order valence-corrected chi connectivity index (χ4v) is 5.38. The Bertz CT molecular complexity index is 1030. The Morgan fingerprint density at radius 2 is 2.08 bits per heavy atom. The van der Waals surface area contributed by atoms with E-state index in [0.29, 0.717) is 31.0 Å². The highest BCUT2D eigenvalue weighted by atomic mass is 32.2. The lowest BCUT2D eigenvalue weighted by Crippen LogP contribution is -2.30. The molecule has 0 aromatic carbocycles. The topological polar surface area (TPSA) is 94.1 Å². The Morgan fingerprint density at radius 3 is 2.80 bits per heavy atom. The summed E-state index contributed by atoms with van der Waals surface area (Å²) in [5.74, 6) is 1.17. The Kier molecular flexibility index (Phi) is 3.66. The Hall–Kier alpha value is -2.26. The molecule has 0 spiro atoms. The van der Waals surface area contributed by atoms with Crippen LogP contribution >= 0.6 is 0 Å². The summed E-state index contributed by atoms with van der Waals surface area (Å²) < 4.78 is 34.5. The summed E-state index contributed by atoms with van der Waals surface area (Å²) in [6.07, 6.45) is 2.44. The van der Waals surface area contributed by atoms with Crippen LogP contribution in [-0.4, -0.2) is 45.5 Å². The average molecular weight is 361 g/mol. The van der Waals surface area contributed by atoms with Gasteiger partial charge in [0.2, 0.25) is 10.0 Å². The maximum atomic E-state index is 13.0. The highest BCUT2D eigenvalue weighted by molar-refractivity contribution is 7.89. The quantitative estimate of drug-likeness (QED) is 0.708. The first-order chi connectivity index (χ1) is 11.9. The predicted molar refractivity (Wildman–Crippen MR) is 90.7 cm³/mol. The van der Waals surface area contributed by atoms with Crippen molar-refractivity contribution in [1.82, 2.24) is 24.0 Å². The molecule has 0 saturated carbocycles. The van der Waals surface area contributed by atoms with E-state index < -0.39 is 10.0 Å². The molecule has 0 aliphatic carbocycles. The number of pyridine rings is 1. The van der Waals surface area contributed by atoms with Crippen molar-refractivity contribution in [3.05, 3.63) is 35.6 Å². The summed E-state index contributed by atoms with van der Waals surface area (Å²) in [4.78, 5) is 9.13. The molecule has 0 unspecified atom stereocenters. The minimum Gasteiger partial charge on any atom is -0.360 e. The number of aryl methyl sites for hydroxylation is 3. The van der Waals surface area contributed by atoms with Crippen molar-refractivity contribution in [3.8, 4) is 0 Å². The summed E-state index contributed by atoms with van der Waals surface area (Å²) in [5, 5.41) is 3.77. The van der Waals surface area contributed by atoms with Gasteiger partial charge in [-0.25, -0.2) is 18.4 Å². The fraction of sp³-hybridized carbons (Fsp3) is 0.438. The molecule has 132 valence electrons. The number of nitrogens with zero attached hydrogens (tertiary/aromatic N) is 5. The Morgan fingerprint density at radius 1 is 1.28 bits per heavy atom. The SMILES string of the molecule is Cc1noc(C)c1S(=O)(=O)N1CC[C@@H](n2c(C)nc3cccnc32)C1. The number of imidazole rings is 1. The molecule has 9 heteroatoms.